The molecule has 0 saturated heterocycles. The van der Waals surface area contributed by atoms with E-state index in [1.54, 1.807) is 0 Å². The molecule has 0 aliphatic carbocycles. The van der Waals surface area contributed by atoms with E-state index in [2.05, 4.69) is 68.5 Å². The molecule has 0 heteroatoms. The molecular formula is C18H20. The third-order valence-corrected chi connectivity index (χ3v) is 3.30. The lowest BCUT2D eigenvalue weighted by atomic mass is 9.96. The predicted octanol–water partition coefficient (Wildman–Crippen LogP) is 4.98. The summed E-state index contributed by atoms with van der Waals surface area (Å²) in [5.74, 6) is 0. The fourth-order valence-corrected chi connectivity index (χ4v) is 2.32. The zero-order valence-corrected chi connectivity index (χ0v) is 11.2. The van der Waals surface area contributed by atoms with Gasteiger partial charge in [-0.1, -0.05) is 74.5 Å². The van der Waals surface area contributed by atoms with E-state index in [1.165, 1.54) is 22.3 Å². The molecule has 0 aliphatic rings. The molecule has 0 bridgehead atoms. The number of hydrogen-bond donors (Lipinski definition) is 0. The van der Waals surface area contributed by atoms with Gasteiger partial charge in [0.2, 0.25) is 0 Å². The summed E-state index contributed by atoms with van der Waals surface area (Å²) >= 11 is 0. The highest BCUT2D eigenvalue weighted by molar-refractivity contribution is 5.71. The lowest BCUT2D eigenvalue weighted by molar-refractivity contribution is 1.03. The van der Waals surface area contributed by atoms with Crippen molar-refractivity contribution in [2.24, 2.45) is 0 Å². The zero-order chi connectivity index (χ0) is 12.8. The zero-order valence-electron chi connectivity index (χ0n) is 11.2. The van der Waals surface area contributed by atoms with Crippen LogP contribution in [-0.2, 0) is 12.8 Å². The highest BCUT2D eigenvalue weighted by Gasteiger charge is 2.02. The monoisotopic (exact) mass is 236 g/mol. The molecule has 0 N–H and O–H groups in total. The summed E-state index contributed by atoms with van der Waals surface area (Å²) in [6, 6.07) is 17.1. The van der Waals surface area contributed by atoms with Gasteiger partial charge in [0.25, 0.3) is 0 Å². The van der Waals surface area contributed by atoms with Gasteiger partial charge in [0.1, 0.15) is 0 Å². The van der Waals surface area contributed by atoms with Crippen LogP contribution in [0.25, 0.3) is 12.2 Å². The Labute approximate surface area is 110 Å². The summed E-state index contributed by atoms with van der Waals surface area (Å²) in [4.78, 5) is 0. The third-order valence-electron chi connectivity index (χ3n) is 3.30. The van der Waals surface area contributed by atoms with Crippen LogP contribution in [0.5, 0.6) is 0 Å². The molecule has 2 rings (SSSR count). The van der Waals surface area contributed by atoms with E-state index in [-0.39, 0.29) is 0 Å². The maximum absolute atomic E-state index is 2.23. The van der Waals surface area contributed by atoms with Crippen molar-refractivity contribution in [3.63, 3.8) is 0 Å². The van der Waals surface area contributed by atoms with Crippen LogP contribution in [0, 0.1) is 0 Å². The predicted molar refractivity (Wildman–Crippen MR) is 80.6 cm³/mol. The van der Waals surface area contributed by atoms with Crippen molar-refractivity contribution in [3.8, 4) is 0 Å². The highest BCUT2D eigenvalue weighted by Crippen LogP contribution is 2.19. The van der Waals surface area contributed by atoms with Gasteiger partial charge in [-0.2, -0.15) is 0 Å². The van der Waals surface area contributed by atoms with E-state index >= 15 is 0 Å². The number of benzene rings is 2. The maximum Gasteiger partial charge on any atom is -0.0222 e. The molecule has 0 heterocycles. The SMILES string of the molecule is CCc1cccc(/C=C/c2ccccc2)c1CC. The summed E-state index contributed by atoms with van der Waals surface area (Å²) in [6.45, 7) is 4.45. The highest BCUT2D eigenvalue weighted by atomic mass is 14.1. The smallest absolute Gasteiger partial charge is 0.0222 e. The summed E-state index contributed by atoms with van der Waals surface area (Å²) in [6.07, 6.45) is 6.62. The van der Waals surface area contributed by atoms with E-state index in [9.17, 15) is 0 Å². The first kappa shape index (κ1) is 12.6. The molecule has 0 radical (unpaired) electrons. The molecule has 0 amide bonds. The van der Waals surface area contributed by atoms with Gasteiger partial charge in [-0.25, -0.2) is 0 Å². The van der Waals surface area contributed by atoms with Crippen molar-refractivity contribution in [2.45, 2.75) is 26.7 Å². The molecule has 0 spiro atoms. The van der Waals surface area contributed by atoms with E-state index in [4.69, 9.17) is 0 Å². The second-order valence-electron chi connectivity index (χ2n) is 4.44. The standard InChI is InChI=1S/C18H20/c1-3-16-11-8-12-17(18(16)4-2)14-13-15-9-6-5-7-10-15/h5-14H,3-4H2,1-2H3/b14-13+. The Morgan fingerprint density at radius 1 is 0.778 bits per heavy atom. The van der Waals surface area contributed by atoms with Crippen LogP contribution < -0.4 is 0 Å². The van der Waals surface area contributed by atoms with Crippen LogP contribution in [0.15, 0.2) is 48.5 Å². The molecule has 0 nitrogen and oxygen atoms in total. The van der Waals surface area contributed by atoms with Crippen LogP contribution in [-0.4, -0.2) is 0 Å². The average Bonchev–Trinajstić information content (AvgIpc) is 2.45. The van der Waals surface area contributed by atoms with Crippen LogP contribution >= 0.6 is 0 Å². The number of rotatable bonds is 4. The van der Waals surface area contributed by atoms with E-state index in [0.717, 1.165) is 12.8 Å². The first-order valence-corrected chi connectivity index (χ1v) is 6.69. The van der Waals surface area contributed by atoms with Crippen LogP contribution in [0.3, 0.4) is 0 Å². The van der Waals surface area contributed by atoms with Gasteiger partial charge < -0.3 is 0 Å². The largest absolute Gasteiger partial charge is 0.0622 e. The molecule has 0 aromatic heterocycles. The minimum atomic E-state index is 1.10. The fourth-order valence-electron chi connectivity index (χ4n) is 2.32. The van der Waals surface area contributed by atoms with Gasteiger partial charge in [-0.3, -0.25) is 0 Å². The minimum absolute atomic E-state index is 1.10. The van der Waals surface area contributed by atoms with Crippen LogP contribution in [0.2, 0.25) is 0 Å². The molecule has 0 saturated carbocycles. The minimum Gasteiger partial charge on any atom is -0.0622 e. The molecule has 92 valence electrons. The van der Waals surface area contributed by atoms with Gasteiger partial charge in [-0.15, -0.1) is 0 Å². The van der Waals surface area contributed by atoms with E-state index in [1.807, 2.05) is 6.07 Å². The summed E-state index contributed by atoms with van der Waals surface area (Å²) < 4.78 is 0. The quantitative estimate of drug-likeness (QED) is 0.657. The maximum atomic E-state index is 2.23. The van der Waals surface area contributed by atoms with Gasteiger partial charge in [0, 0.05) is 0 Å². The molecule has 18 heavy (non-hydrogen) atoms. The van der Waals surface area contributed by atoms with Gasteiger partial charge in [0.15, 0.2) is 0 Å². The Morgan fingerprint density at radius 2 is 1.56 bits per heavy atom. The lowest BCUT2D eigenvalue weighted by Crippen LogP contribution is -1.93. The van der Waals surface area contributed by atoms with Crippen molar-refractivity contribution in [1.29, 1.82) is 0 Å². The molecule has 2 aromatic carbocycles. The fraction of sp³-hybridized carbons (Fsp3) is 0.222. The Bertz CT molecular complexity index is 521. The Balaban J connectivity index is 2.32. The number of aryl methyl sites for hydroxylation is 1. The second kappa shape index (κ2) is 6.20. The third kappa shape index (κ3) is 2.89. The van der Waals surface area contributed by atoms with Crippen molar-refractivity contribution >= 4 is 12.2 Å². The first-order valence-electron chi connectivity index (χ1n) is 6.69. The van der Waals surface area contributed by atoms with Crippen molar-refractivity contribution in [2.75, 3.05) is 0 Å². The summed E-state index contributed by atoms with van der Waals surface area (Å²) in [7, 11) is 0. The second-order valence-corrected chi connectivity index (χ2v) is 4.44. The Morgan fingerprint density at radius 3 is 2.22 bits per heavy atom. The lowest BCUT2D eigenvalue weighted by Gasteiger charge is -2.09. The van der Waals surface area contributed by atoms with Gasteiger partial charge >= 0.3 is 0 Å². The number of hydrogen-bond acceptors (Lipinski definition) is 0. The summed E-state index contributed by atoms with van der Waals surface area (Å²) in [5.41, 5.74) is 5.54. The normalized spacial score (nSPS) is 11.0. The van der Waals surface area contributed by atoms with Crippen molar-refractivity contribution < 1.29 is 0 Å². The van der Waals surface area contributed by atoms with Crippen molar-refractivity contribution in [1.82, 2.24) is 0 Å². The molecule has 0 unspecified atom stereocenters. The topological polar surface area (TPSA) is 0 Å². The average molecular weight is 236 g/mol. The molecule has 2 aromatic rings. The van der Waals surface area contributed by atoms with Crippen LogP contribution in [0.4, 0.5) is 0 Å². The van der Waals surface area contributed by atoms with Gasteiger partial charge in [0.05, 0.1) is 0 Å². The molecule has 0 aliphatic heterocycles. The molecule has 0 fully saturated rings. The first-order chi connectivity index (χ1) is 8.85. The van der Waals surface area contributed by atoms with Gasteiger partial charge in [-0.05, 0) is 35.1 Å². The molecular weight excluding hydrogens is 216 g/mol. The molecule has 0 atom stereocenters. The van der Waals surface area contributed by atoms with E-state index in [0.29, 0.717) is 0 Å². The van der Waals surface area contributed by atoms with E-state index < -0.39 is 0 Å². The van der Waals surface area contributed by atoms with Crippen molar-refractivity contribution in [3.05, 3.63) is 70.8 Å². The Kier molecular flexibility index (Phi) is 4.35. The van der Waals surface area contributed by atoms with Crippen LogP contribution in [0.1, 0.15) is 36.1 Å². The summed E-state index contributed by atoms with van der Waals surface area (Å²) in [5, 5.41) is 0. The Hall–Kier alpha value is -1.82.